The van der Waals surface area contributed by atoms with Crippen molar-refractivity contribution in [3.63, 3.8) is 0 Å². The number of aryl methyl sites for hydroxylation is 1. The Morgan fingerprint density at radius 2 is 1.81 bits per heavy atom. The minimum atomic E-state index is -1.25. The van der Waals surface area contributed by atoms with Crippen molar-refractivity contribution in [3.05, 3.63) is 53.1 Å². The molecule has 5 N–H and O–H groups in total. The third-order valence-corrected chi connectivity index (χ3v) is 2.94. The number of anilines is 2. The van der Waals surface area contributed by atoms with Crippen LogP contribution in [-0.2, 0) is 0 Å². The Hall–Kier alpha value is -3.02. The number of hydrogen-bond donors (Lipinski definition) is 4. The molecule has 1 amide bonds. The molecule has 0 aromatic heterocycles. The molecule has 108 valence electrons. The number of carboxylic acid groups (broad SMARTS) is 1. The van der Waals surface area contributed by atoms with Crippen LogP contribution in [0.4, 0.5) is 11.4 Å². The first-order chi connectivity index (χ1) is 9.88. The molecule has 21 heavy (non-hydrogen) atoms. The fourth-order valence-electron chi connectivity index (χ4n) is 1.87. The van der Waals surface area contributed by atoms with Gasteiger partial charge in [-0.3, -0.25) is 4.79 Å². The van der Waals surface area contributed by atoms with Gasteiger partial charge in [-0.25, -0.2) is 4.79 Å². The summed E-state index contributed by atoms with van der Waals surface area (Å²) in [5.41, 5.74) is 7.06. The van der Waals surface area contributed by atoms with Gasteiger partial charge in [0.1, 0.15) is 5.75 Å². The second-order valence-corrected chi connectivity index (χ2v) is 4.58. The molecular formula is C15H14N2O4. The lowest BCUT2D eigenvalue weighted by atomic mass is 10.1. The van der Waals surface area contributed by atoms with Crippen LogP contribution in [0.15, 0.2) is 36.4 Å². The van der Waals surface area contributed by atoms with Crippen LogP contribution < -0.4 is 11.1 Å². The number of phenols is 1. The molecule has 0 unspecified atom stereocenters. The molecule has 2 aromatic carbocycles. The Balaban J connectivity index is 2.36. The van der Waals surface area contributed by atoms with Crippen LogP contribution in [0.5, 0.6) is 5.75 Å². The van der Waals surface area contributed by atoms with Crippen LogP contribution in [0, 0.1) is 6.92 Å². The molecular weight excluding hydrogens is 272 g/mol. The molecule has 0 fully saturated rings. The van der Waals surface area contributed by atoms with Crippen LogP contribution in [-0.4, -0.2) is 22.1 Å². The summed E-state index contributed by atoms with van der Waals surface area (Å²) in [4.78, 5) is 23.3. The standard InChI is InChI=1S/C15H14N2O4/c1-8-2-4-12(16)10(6-8)14(19)17-13-5-3-9(18)7-11(13)15(20)21/h2-7,18H,16H2,1H3,(H,17,19)(H,20,21). The fourth-order valence-corrected chi connectivity index (χ4v) is 1.87. The third kappa shape index (κ3) is 3.11. The molecule has 0 heterocycles. The van der Waals surface area contributed by atoms with Crippen LogP contribution in [0.3, 0.4) is 0 Å². The molecule has 0 atom stereocenters. The van der Waals surface area contributed by atoms with Gasteiger partial charge in [-0.1, -0.05) is 11.6 Å². The summed E-state index contributed by atoms with van der Waals surface area (Å²) in [6.07, 6.45) is 0. The maximum absolute atomic E-state index is 12.2. The Bertz CT molecular complexity index is 726. The summed E-state index contributed by atoms with van der Waals surface area (Å²) in [6.45, 7) is 1.82. The second-order valence-electron chi connectivity index (χ2n) is 4.58. The van der Waals surface area contributed by atoms with E-state index in [1.807, 2.05) is 6.92 Å². The first kappa shape index (κ1) is 14.4. The first-order valence-corrected chi connectivity index (χ1v) is 6.12. The summed E-state index contributed by atoms with van der Waals surface area (Å²) in [5, 5.41) is 20.9. The topological polar surface area (TPSA) is 113 Å². The summed E-state index contributed by atoms with van der Waals surface area (Å²) in [6, 6.07) is 8.68. The number of hydrogen-bond acceptors (Lipinski definition) is 4. The van der Waals surface area contributed by atoms with Crippen LogP contribution >= 0.6 is 0 Å². The van der Waals surface area contributed by atoms with E-state index in [0.29, 0.717) is 5.69 Å². The quantitative estimate of drug-likeness (QED) is 0.510. The molecule has 0 saturated heterocycles. The predicted molar refractivity (Wildman–Crippen MR) is 78.6 cm³/mol. The van der Waals surface area contributed by atoms with E-state index in [0.717, 1.165) is 11.6 Å². The van der Waals surface area contributed by atoms with Gasteiger partial charge in [-0.05, 0) is 37.3 Å². The number of carbonyl (C=O) groups excluding carboxylic acids is 1. The molecule has 0 aliphatic heterocycles. The van der Waals surface area contributed by atoms with E-state index < -0.39 is 11.9 Å². The molecule has 0 saturated carbocycles. The zero-order chi connectivity index (χ0) is 15.6. The van der Waals surface area contributed by atoms with Gasteiger partial charge in [-0.2, -0.15) is 0 Å². The number of benzene rings is 2. The van der Waals surface area contributed by atoms with Crippen molar-refractivity contribution in [1.82, 2.24) is 0 Å². The van der Waals surface area contributed by atoms with Gasteiger partial charge in [0.15, 0.2) is 0 Å². The number of carboxylic acids is 1. The Kier molecular flexibility index (Phi) is 3.80. The molecule has 0 aliphatic rings. The number of rotatable bonds is 3. The van der Waals surface area contributed by atoms with E-state index >= 15 is 0 Å². The molecule has 0 aliphatic carbocycles. The van der Waals surface area contributed by atoms with Gasteiger partial charge < -0.3 is 21.3 Å². The van der Waals surface area contributed by atoms with Crippen molar-refractivity contribution in [1.29, 1.82) is 0 Å². The van der Waals surface area contributed by atoms with Crippen molar-refractivity contribution >= 4 is 23.3 Å². The fraction of sp³-hybridized carbons (Fsp3) is 0.0667. The maximum Gasteiger partial charge on any atom is 0.337 e. The number of phenolic OH excluding ortho intramolecular Hbond substituents is 1. The number of carbonyl (C=O) groups is 2. The molecule has 6 nitrogen and oxygen atoms in total. The number of amides is 1. The normalized spacial score (nSPS) is 10.1. The molecule has 2 aromatic rings. The highest BCUT2D eigenvalue weighted by Crippen LogP contribution is 2.23. The minimum Gasteiger partial charge on any atom is -0.508 e. The highest BCUT2D eigenvalue weighted by molar-refractivity contribution is 6.10. The van der Waals surface area contributed by atoms with Gasteiger partial charge in [0, 0.05) is 5.69 Å². The lowest BCUT2D eigenvalue weighted by molar-refractivity contribution is 0.0697. The molecule has 6 heteroatoms. The average molecular weight is 286 g/mol. The van der Waals surface area contributed by atoms with E-state index in [-0.39, 0.29) is 22.6 Å². The van der Waals surface area contributed by atoms with Gasteiger partial charge in [0.05, 0.1) is 16.8 Å². The summed E-state index contributed by atoms with van der Waals surface area (Å²) in [5.74, 6) is -1.96. The molecule has 2 rings (SSSR count). The Morgan fingerprint density at radius 3 is 2.48 bits per heavy atom. The van der Waals surface area contributed by atoms with E-state index in [9.17, 15) is 14.7 Å². The number of aromatic carboxylic acids is 1. The zero-order valence-electron chi connectivity index (χ0n) is 11.3. The van der Waals surface area contributed by atoms with Gasteiger partial charge in [0.25, 0.3) is 5.91 Å². The number of nitrogens with two attached hydrogens (primary N) is 1. The zero-order valence-corrected chi connectivity index (χ0v) is 11.3. The average Bonchev–Trinajstić information content (AvgIpc) is 2.43. The highest BCUT2D eigenvalue weighted by Gasteiger charge is 2.16. The van der Waals surface area contributed by atoms with Crippen molar-refractivity contribution in [3.8, 4) is 5.75 Å². The van der Waals surface area contributed by atoms with Crippen LogP contribution in [0.1, 0.15) is 26.3 Å². The van der Waals surface area contributed by atoms with E-state index in [1.54, 1.807) is 18.2 Å². The van der Waals surface area contributed by atoms with Gasteiger partial charge >= 0.3 is 5.97 Å². The number of nitrogen functional groups attached to an aromatic ring is 1. The monoisotopic (exact) mass is 286 g/mol. The van der Waals surface area contributed by atoms with Crippen molar-refractivity contribution in [2.24, 2.45) is 0 Å². The largest absolute Gasteiger partial charge is 0.508 e. The summed E-state index contributed by atoms with van der Waals surface area (Å²) < 4.78 is 0. The smallest absolute Gasteiger partial charge is 0.337 e. The van der Waals surface area contributed by atoms with Gasteiger partial charge in [-0.15, -0.1) is 0 Å². The van der Waals surface area contributed by atoms with Crippen LogP contribution in [0.25, 0.3) is 0 Å². The van der Waals surface area contributed by atoms with E-state index in [4.69, 9.17) is 10.8 Å². The van der Waals surface area contributed by atoms with E-state index in [2.05, 4.69) is 5.32 Å². The molecule has 0 spiro atoms. The number of nitrogens with one attached hydrogen (secondary N) is 1. The lowest BCUT2D eigenvalue weighted by Gasteiger charge is -2.11. The van der Waals surface area contributed by atoms with Crippen molar-refractivity contribution < 1.29 is 19.8 Å². The van der Waals surface area contributed by atoms with Crippen molar-refractivity contribution in [2.75, 3.05) is 11.1 Å². The first-order valence-electron chi connectivity index (χ1n) is 6.12. The number of aromatic hydroxyl groups is 1. The van der Waals surface area contributed by atoms with Gasteiger partial charge in [0.2, 0.25) is 0 Å². The van der Waals surface area contributed by atoms with Crippen molar-refractivity contribution in [2.45, 2.75) is 6.92 Å². The Morgan fingerprint density at radius 1 is 1.10 bits per heavy atom. The highest BCUT2D eigenvalue weighted by atomic mass is 16.4. The third-order valence-electron chi connectivity index (χ3n) is 2.94. The SMILES string of the molecule is Cc1ccc(N)c(C(=O)Nc2ccc(O)cc2C(=O)O)c1. The predicted octanol–water partition coefficient (Wildman–Crippen LogP) is 2.23. The second kappa shape index (κ2) is 5.54. The van der Waals surface area contributed by atoms with Crippen LogP contribution in [0.2, 0.25) is 0 Å². The molecule has 0 bridgehead atoms. The summed E-state index contributed by atoms with van der Waals surface area (Å²) >= 11 is 0. The summed E-state index contributed by atoms with van der Waals surface area (Å²) in [7, 11) is 0. The maximum atomic E-state index is 12.2. The minimum absolute atomic E-state index is 0.0891. The lowest BCUT2D eigenvalue weighted by Crippen LogP contribution is -2.16. The van der Waals surface area contributed by atoms with E-state index in [1.165, 1.54) is 12.1 Å². The molecule has 0 radical (unpaired) electrons. The Labute approximate surface area is 120 Å².